The van der Waals surface area contributed by atoms with Crippen molar-refractivity contribution >= 4 is 37.3 Å². The van der Waals surface area contributed by atoms with E-state index < -0.39 is 14.9 Å². The van der Waals surface area contributed by atoms with Gasteiger partial charge in [0.1, 0.15) is 5.69 Å². The van der Waals surface area contributed by atoms with E-state index >= 15 is 0 Å². The topological polar surface area (TPSA) is 101 Å². The second kappa shape index (κ2) is 6.12. The minimum absolute atomic E-state index is 0.0889. The van der Waals surface area contributed by atoms with E-state index in [2.05, 4.69) is 26.0 Å². The van der Waals surface area contributed by atoms with Crippen LogP contribution in [0.1, 0.15) is 0 Å². The van der Waals surface area contributed by atoms with Crippen LogP contribution in [-0.4, -0.2) is 32.7 Å². The molecule has 1 aromatic rings. The van der Waals surface area contributed by atoms with Crippen LogP contribution in [0.15, 0.2) is 22.7 Å². The Bertz CT molecular complexity index is 547. The zero-order valence-electron chi connectivity index (χ0n) is 9.51. The van der Waals surface area contributed by atoms with Gasteiger partial charge in [-0.2, -0.15) is 0 Å². The second-order valence-corrected chi connectivity index (χ2v) is 6.33. The molecule has 1 rings (SSSR count). The van der Waals surface area contributed by atoms with Gasteiger partial charge in [-0.3, -0.25) is 10.1 Å². The summed E-state index contributed by atoms with van der Waals surface area (Å²) in [6.45, 7) is 0.0889. The molecular weight excluding hydrogens is 326 g/mol. The highest BCUT2D eigenvalue weighted by Gasteiger charge is 2.14. The molecule has 9 heteroatoms. The normalized spacial score (nSPS) is 11.2. The van der Waals surface area contributed by atoms with Crippen LogP contribution < -0.4 is 10.0 Å². The minimum atomic E-state index is -3.32. The smallest absolute Gasteiger partial charge is 0.293 e. The molecule has 18 heavy (non-hydrogen) atoms. The molecule has 1 aromatic carbocycles. The van der Waals surface area contributed by atoms with Gasteiger partial charge in [0.15, 0.2) is 0 Å². The van der Waals surface area contributed by atoms with Crippen LogP contribution in [0.2, 0.25) is 0 Å². The molecule has 0 saturated heterocycles. The van der Waals surface area contributed by atoms with Crippen molar-refractivity contribution in [1.82, 2.24) is 4.72 Å². The van der Waals surface area contributed by atoms with E-state index in [0.717, 1.165) is 0 Å². The Morgan fingerprint density at radius 2 is 2.11 bits per heavy atom. The van der Waals surface area contributed by atoms with Crippen molar-refractivity contribution < 1.29 is 13.3 Å². The summed E-state index contributed by atoms with van der Waals surface area (Å²) < 4.78 is 25.1. The highest BCUT2D eigenvalue weighted by atomic mass is 79.9. The van der Waals surface area contributed by atoms with Gasteiger partial charge in [-0.1, -0.05) is 15.9 Å². The molecule has 0 aromatic heterocycles. The molecule has 100 valence electrons. The third kappa shape index (κ3) is 4.24. The van der Waals surface area contributed by atoms with E-state index in [4.69, 9.17) is 0 Å². The number of nitrogens with zero attached hydrogens (tertiary/aromatic N) is 1. The number of halogens is 1. The third-order valence-corrected chi connectivity index (χ3v) is 4.01. The van der Waals surface area contributed by atoms with Crippen LogP contribution in [0.5, 0.6) is 0 Å². The molecule has 0 heterocycles. The zero-order valence-corrected chi connectivity index (χ0v) is 11.9. The first kappa shape index (κ1) is 14.9. The first-order chi connectivity index (χ1) is 8.35. The summed E-state index contributed by atoms with van der Waals surface area (Å²) in [5, 5.41) is 13.5. The highest BCUT2D eigenvalue weighted by molar-refractivity contribution is 9.10. The lowest BCUT2D eigenvalue weighted by Crippen LogP contribution is -2.26. The minimum Gasteiger partial charge on any atom is -0.378 e. The number of benzene rings is 1. The molecule has 0 atom stereocenters. The number of sulfonamides is 1. The Labute approximate surface area is 113 Å². The van der Waals surface area contributed by atoms with Crippen LogP contribution in [0.25, 0.3) is 0 Å². The fourth-order valence-electron chi connectivity index (χ4n) is 1.23. The van der Waals surface area contributed by atoms with Crippen molar-refractivity contribution in [2.45, 2.75) is 0 Å². The monoisotopic (exact) mass is 337 g/mol. The molecule has 0 unspecified atom stereocenters. The number of nitro groups is 1. The number of nitrogens with one attached hydrogen (secondary N) is 2. The molecule has 0 bridgehead atoms. The van der Waals surface area contributed by atoms with Gasteiger partial charge < -0.3 is 5.32 Å². The van der Waals surface area contributed by atoms with Crippen LogP contribution in [0.3, 0.4) is 0 Å². The lowest BCUT2D eigenvalue weighted by atomic mass is 10.2. The summed E-state index contributed by atoms with van der Waals surface area (Å²) in [7, 11) is -2.01. The molecule has 0 saturated carbocycles. The molecule has 7 nitrogen and oxygen atoms in total. The predicted molar refractivity (Wildman–Crippen MR) is 72.1 cm³/mol. The van der Waals surface area contributed by atoms with Crippen LogP contribution >= 0.6 is 15.9 Å². The first-order valence-electron chi connectivity index (χ1n) is 4.95. The highest BCUT2D eigenvalue weighted by Crippen LogP contribution is 2.27. The maximum atomic E-state index is 11.2. The van der Waals surface area contributed by atoms with Gasteiger partial charge in [0.25, 0.3) is 5.69 Å². The van der Waals surface area contributed by atoms with Crippen molar-refractivity contribution in [2.24, 2.45) is 0 Å². The van der Waals surface area contributed by atoms with E-state index in [0.29, 0.717) is 4.47 Å². The summed E-state index contributed by atoms with van der Waals surface area (Å²) >= 11 is 3.14. The predicted octanol–water partition coefficient (Wildman–Crippen LogP) is 1.32. The molecule has 0 fully saturated rings. The SMILES string of the molecule is CNS(=O)(=O)CCNc1ccc(Br)cc1[N+](=O)[O-]. The molecule has 2 N–H and O–H groups in total. The second-order valence-electron chi connectivity index (χ2n) is 3.37. The van der Waals surface area contributed by atoms with Gasteiger partial charge in [0, 0.05) is 17.1 Å². The van der Waals surface area contributed by atoms with Crippen molar-refractivity contribution in [3.63, 3.8) is 0 Å². The summed E-state index contributed by atoms with van der Waals surface area (Å²) in [5.74, 6) is -0.156. The Kier molecular flexibility index (Phi) is 5.05. The Balaban J connectivity index is 2.77. The number of hydrogen-bond acceptors (Lipinski definition) is 5. The lowest BCUT2D eigenvalue weighted by molar-refractivity contribution is -0.384. The lowest BCUT2D eigenvalue weighted by Gasteiger charge is -2.07. The van der Waals surface area contributed by atoms with Crippen LogP contribution in [-0.2, 0) is 10.0 Å². The van der Waals surface area contributed by atoms with Gasteiger partial charge >= 0.3 is 0 Å². The molecule has 0 spiro atoms. The van der Waals surface area contributed by atoms with Crippen molar-refractivity contribution in [1.29, 1.82) is 0 Å². The molecule has 0 aliphatic carbocycles. The fraction of sp³-hybridized carbons (Fsp3) is 0.333. The average molecular weight is 338 g/mol. The molecule has 0 aliphatic heterocycles. The average Bonchev–Trinajstić information content (AvgIpc) is 2.30. The molecule has 0 amide bonds. The van der Waals surface area contributed by atoms with Crippen molar-refractivity contribution in [3.05, 3.63) is 32.8 Å². The molecular formula is C9H12BrN3O4S. The van der Waals surface area contributed by atoms with Gasteiger partial charge in [-0.25, -0.2) is 13.1 Å². The summed E-state index contributed by atoms with van der Waals surface area (Å²) in [6.07, 6.45) is 0. The standard InChI is InChI=1S/C9H12BrN3O4S/c1-11-18(16,17)5-4-12-8-3-2-7(10)6-9(8)13(14)15/h2-3,6,11-12H,4-5H2,1H3. The van der Waals surface area contributed by atoms with Crippen LogP contribution in [0.4, 0.5) is 11.4 Å². The van der Waals surface area contributed by atoms with Crippen molar-refractivity contribution in [2.75, 3.05) is 24.7 Å². The maximum Gasteiger partial charge on any atom is 0.293 e. The van der Waals surface area contributed by atoms with Gasteiger partial charge in [0.2, 0.25) is 10.0 Å². The third-order valence-electron chi connectivity index (χ3n) is 2.15. The Morgan fingerprint density at radius 3 is 2.67 bits per heavy atom. The van der Waals surface area contributed by atoms with E-state index in [1.165, 1.54) is 19.2 Å². The maximum absolute atomic E-state index is 11.2. The number of nitro benzene ring substituents is 1. The van der Waals surface area contributed by atoms with Gasteiger partial charge in [0.05, 0.1) is 10.7 Å². The summed E-state index contributed by atoms with van der Waals surface area (Å²) in [4.78, 5) is 10.3. The van der Waals surface area contributed by atoms with E-state index in [1.54, 1.807) is 6.07 Å². The summed E-state index contributed by atoms with van der Waals surface area (Å²) in [6, 6.07) is 4.52. The van der Waals surface area contributed by atoms with Crippen LogP contribution in [0, 0.1) is 10.1 Å². The largest absolute Gasteiger partial charge is 0.378 e. The van der Waals surface area contributed by atoms with Gasteiger partial charge in [-0.05, 0) is 19.2 Å². The Morgan fingerprint density at radius 1 is 1.44 bits per heavy atom. The quantitative estimate of drug-likeness (QED) is 0.602. The summed E-state index contributed by atoms with van der Waals surface area (Å²) in [5.41, 5.74) is 0.181. The van der Waals surface area contributed by atoms with Crippen molar-refractivity contribution in [3.8, 4) is 0 Å². The first-order valence-corrected chi connectivity index (χ1v) is 7.39. The van der Waals surface area contributed by atoms with Gasteiger partial charge in [-0.15, -0.1) is 0 Å². The Hall–Kier alpha value is -1.19. The van der Waals surface area contributed by atoms with E-state index in [1.807, 2.05) is 0 Å². The number of anilines is 1. The van der Waals surface area contributed by atoms with E-state index in [9.17, 15) is 18.5 Å². The molecule has 0 aliphatic rings. The fourth-order valence-corrected chi connectivity index (χ4v) is 2.15. The molecule has 0 radical (unpaired) electrons. The zero-order chi connectivity index (χ0) is 13.8. The number of hydrogen-bond donors (Lipinski definition) is 2. The number of rotatable bonds is 6. The van der Waals surface area contributed by atoms with E-state index in [-0.39, 0.29) is 23.7 Å².